The van der Waals surface area contributed by atoms with Crippen molar-refractivity contribution in [3.63, 3.8) is 0 Å². The quantitative estimate of drug-likeness (QED) is 0.853. The fraction of sp³-hybridized carbons (Fsp3) is 0.500. The van der Waals surface area contributed by atoms with Gasteiger partial charge in [-0.25, -0.2) is 0 Å². The molecule has 0 aromatic carbocycles. The highest BCUT2D eigenvalue weighted by molar-refractivity contribution is 5.92. The number of carbonyl (C=O) groups is 1. The van der Waals surface area contributed by atoms with E-state index < -0.39 is 0 Å². The molecule has 2 heterocycles. The van der Waals surface area contributed by atoms with E-state index >= 15 is 0 Å². The Labute approximate surface area is 130 Å². The van der Waals surface area contributed by atoms with Crippen molar-refractivity contribution in [2.24, 2.45) is 0 Å². The molecule has 0 aliphatic rings. The van der Waals surface area contributed by atoms with Crippen LogP contribution >= 0.6 is 0 Å². The molecule has 0 spiro atoms. The molecule has 6 heteroatoms. The summed E-state index contributed by atoms with van der Waals surface area (Å²) in [5, 5.41) is 7.25. The molecule has 0 aliphatic heterocycles. The molecule has 0 bridgehead atoms. The molecule has 1 amide bonds. The van der Waals surface area contributed by atoms with Crippen LogP contribution in [-0.2, 0) is 17.7 Å². The Morgan fingerprint density at radius 2 is 2.23 bits per heavy atom. The summed E-state index contributed by atoms with van der Waals surface area (Å²) in [5.74, 6) is 1.41. The van der Waals surface area contributed by atoms with Gasteiger partial charge in [-0.2, -0.15) is 5.10 Å². The predicted molar refractivity (Wildman–Crippen MR) is 82.8 cm³/mol. The summed E-state index contributed by atoms with van der Waals surface area (Å²) in [7, 11) is 1.60. The maximum Gasteiger partial charge on any atom is 0.270 e. The third-order valence-electron chi connectivity index (χ3n) is 3.45. The van der Waals surface area contributed by atoms with Crippen molar-refractivity contribution in [1.82, 2.24) is 15.1 Å². The lowest BCUT2D eigenvalue weighted by atomic mass is 10.2. The molecule has 2 aromatic rings. The number of amides is 1. The zero-order valence-electron chi connectivity index (χ0n) is 13.5. The lowest BCUT2D eigenvalue weighted by Gasteiger charge is -2.16. The number of methoxy groups -OCH3 is 1. The van der Waals surface area contributed by atoms with Crippen molar-refractivity contribution in [3.8, 4) is 0 Å². The number of hydrogen-bond donors (Lipinski definition) is 1. The molecule has 2 aromatic heterocycles. The number of aromatic nitrogens is 2. The highest BCUT2D eigenvalue weighted by Gasteiger charge is 2.21. The summed E-state index contributed by atoms with van der Waals surface area (Å²) in [4.78, 5) is 12.5. The molecule has 120 valence electrons. The summed E-state index contributed by atoms with van der Waals surface area (Å²) < 4.78 is 12.6. The third kappa shape index (κ3) is 3.57. The van der Waals surface area contributed by atoms with Crippen molar-refractivity contribution in [2.75, 3.05) is 13.7 Å². The molecule has 1 atom stereocenters. The van der Waals surface area contributed by atoms with E-state index in [9.17, 15) is 4.79 Å². The zero-order chi connectivity index (χ0) is 16.1. The molecule has 0 radical (unpaired) electrons. The summed E-state index contributed by atoms with van der Waals surface area (Å²) in [6.07, 6.45) is 0.815. The van der Waals surface area contributed by atoms with E-state index in [1.54, 1.807) is 17.9 Å². The van der Waals surface area contributed by atoms with Gasteiger partial charge in [0.15, 0.2) is 0 Å². The minimum Gasteiger partial charge on any atom is -0.464 e. The molecule has 2 rings (SSSR count). The van der Waals surface area contributed by atoms with Gasteiger partial charge in [-0.05, 0) is 32.0 Å². The van der Waals surface area contributed by atoms with E-state index in [0.717, 1.165) is 17.9 Å². The first-order valence-electron chi connectivity index (χ1n) is 7.51. The largest absolute Gasteiger partial charge is 0.464 e. The lowest BCUT2D eigenvalue weighted by Crippen LogP contribution is -2.32. The number of nitrogens with zero attached hydrogens (tertiary/aromatic N) is 2. The van der Waals surface area contributed by atoms with Crippen LogP contribution in [0.4, 0.5) is 0 Å². The minimum absolute atomic E-state index is 0.182. The van der Waals surface area contributed by atoms with Crippen LogP contribution < -0.4 is 5.32 Å². The molecule has 6 nitrogen and oxygen atoms in total. The number of aryl methyl sites for hydroxylation is 3. The number of furan rings is 1. The van der Waals surface area contributed by atoms with Crippen molar-refractivity contribution in [1.29, 1.82) is 0 Å². The second kappa shape index (κ2) is 7.26. The first kappa shape index (κ1) is 16.3. The number of hydrogen-bond acceptors (Lipinski definition) is 4. The molecule has 22 heavy (non-hydrogen) atoms. The van der Waals surface area contributed by atoms with Gasteiger partial charge >= 0.3 is 0 Å². The van der Waals surface area contributed by atoms with Crippen LogP contribution in [-0.4, -0.2) is 29.4 Å². The van der Waals surface area contributed by atoms with E-state index in [2.05, 4.69) is 10.4 Å². The molecule has 0 saturated carbocycles. The summed E-state index contributed by atoms with van der Waals surface area (Å²) in [5.41, 5.74) is 1.37. The third-order valence-corrected chi connectivity index (χ3v) is 3.45. The number of rotatable bonds is 7. The molecular weight excluding hydrogens is 282 g/mol. The van der Waals surface area contributed by atoms with Gasteiger partial charge in [-0.3, -0.25) is 9.48 Å². The lowest BCUT2D eigenvalue weighted by molar-refractivity contribution is 0.0871. The Bertz CT molecular complexity index is 630. The van der Waals surface area contributed by atoms with E-state index in [4.69, 9.17) is 9.15 Å². The normalized spacial score (nSPS) is 12.4. The molecule has 0 aliphatic carbocycles. The molecule has 1 N–H and O–H groups in total. The van der Waals surface area contributed by atoms with Gasteiger partial charge in [0.05, 0.1) is 12.3 Å². The van der Waals surface area contributed by atoms with Crippen LogP contribution in [0.5, 0.6) is 0 Å². The van der Waals surface area contributed by atoms with Crippen LogP contribution in [0.3, 0.4) is 0 Å². The second-order valence-corrected chi connectivity index (χ2v) is 5.13. The Morgan fingerprint density at radius 3 is 2.82 bits per heavy atom. The van der Waals surface area contributed by atoms with Crippen LogP contribution in [0.25, 0.3) is 0 Å². The smallest absolute Gasteiger partial charge is 0.270 e. The molecule has 0 saturated heterocycles. The maximum atomic E-state index is 12.5. The topological polar surface area (TPSA) is 69.3 Å². The number of ether oxygens (including phenoxy) is 1. The molecular formula is C16H23N3O3. The number of carbonyl (C=O) groups excluding carboxylic acids is 1. The van der Waals surface area contributed by atoms with Crippen molar-refractivity contribution in [3.05, 3.63) is 41.1 Å². The molecule has 0 fully saturated rings. The van der Waals surface area contributed by atoms with Gasteiger partial charge < -0.3 is 14.5 Å². The first-order chi connectivity index (χ1) is 10.6. The van der Waals surface area contributed by atoms with Crippen molar-refractivity contribution >= 4 is 5.91 Å². The maximum absolute atomic E-state index is 12.5. The Kier molecular flexibility index (Phi) is 5.38. The second-order valence-electron chi connectivity index (χ2n) is 5.13. The van der Waals surface area contributed by atoms with Gasteiger partial charge in [0.25, 0.3) is 5.91 Å². The summed E-state index contributed by atoms with van der Waals surface area (Å²) in [6, 6.07) is 5.26. The first-order valence-corrected chi connectivity index (χ1v) is 7.51. The fourth-order valence-corrected chi connectivity index (χ4v) is 2.33. The highest BCUT2D eigenvalue weighted by atomic mass is 16.5. The minimum atomic E-state index is -0.321. The van der Waals surface area contributed by atoms with Crippen LogP contribution in [0.15, 0.2) is 22.6 Å². The average molecular weight is 305 g/mol. The molecule has 0 unspecified atom stereocenters. The fourth-order valence-electron chi connectivity index (χ4n) is 2.33. The predicted octanol–water partition coefficient (Wildman–Crippen LogP) is 2.48. The number of nitrogens with one attached hydrogen (secondary N) is 1. The van der Waals surface area contributed by atoms with Gasteiger partial charge in [0, 0.05) is 20.1 Å². The Hall–Kier alpha value is -2.08. The van der Waals surface area contributed by atoms with Gasteiger partial charge in [0.1, 0.15) is 23.3 Å². The monoisotopic (exact) mass is 305 g/mol. The van der Waals surface area contributed by atoms with Gasteiger partial charge in [0.2, 0.25) is 0 Å². The standard InChI is InChI=1S/C16H23N3O3/c1-5-12-7-8-15(22-12)13(10-21-4)17-16(20)14-9-11(3)18-19(14)6-2/h7-9,13H,5-6,10H2,1-4H3,(H,17,20)/t13-/m0/s1. The van der Waals surface area contributed by atoms with Gasteiger partial charge in [-0.15, -0.1) is 0 Å². The Balaban J connectivity index is 2.17. The van der Waals surface area contributed by atoms with E-state index in [1.165, 1.54) is 0 Å². The van der Waals surface area contributed by atoms with Crippen molar-refractivity contribution in [2.45, 2.75) is 39.8 Å². The Morgan fingerprint density at radius 1 is 1.45 bits per heavy atom. The van der Waals surface area contributed by atoms with E-state index in [-0.39, 0.29) is 11.9 Å². The van der Waals surface area contributed by atoms with Crippen molar-refractivity contribution < 1.29 is 13.9 Å². The summed E-state index contributed by atoms with van der Waals surface area (Å²) >= 11 is 0. The zero-order valence-corrected chi connectivity index (χ0v) is 13.5. The highest BCUT2D eigenvalue weighted by Crippen LogP contribution is 2.18. The van der Waals surface area contributed by atoms with Crippen LogP contribution in [0.2, 0.25) is 0 Å². The average Bonchev–Trinajstić information content (AvgIpc) is 3.12. The summed E-state index contributed by atoms with van der Waals surface area (Å²) in [6.45, 7) is 6.84. The SMILES string of the molecule is CCc1ccc([C@H](COC)NC(=O)c2cc(C)nn2CC)o1. The van der Waals surface area contributed by atoms with Crippen LogP contribution in [0, 0.1) is 6.92 Å². The van der Waals surface area contributed by atoms with Gasteiger partial charge in [-0.1, -0.05) is 6.92 Å². The van der Waals surface area contributed by atoms with E-state index in [1.807, 2.05) is 32.9 Å². The van der Waals surface area contributed by atoms with Crippen LogP contribution in [0.1, 0.15) is 47.6 Å². The van der Waals surface area contributed by atoms with E-state index in [0.29, 0.717) is 24.6 Å².